The number of carbonyl (C=O) groups is 1. The summed E-state index contributed by atoms with van der Waals surface area (Å²) in [5.74, 6) is 2.21. The second-order valence-electron chi connectivity index (χ2n) is 6.14. The van der Waals surface area contributed by atoms with Gasteiger partial charge in [0.2, 0.25) is 5.91 Å². The zero-order valence-electron chi connectivity index (χ0n) is 15.3. The van der Waals surface area contributed by atoms with E-state index in [2.05, 4.69) is 9.97 Å². The maximum atomic E-state index is 12.4. The van der Waals surface area contributed by atoms with Gasteiger partial charge in [0.1, 0.15) is 5.82 Å². The Bertz CT molecular complexity index is 871. The fourth-order valence-corrected chi connectivity index (χ4v) is 2.87. The summed E-state index contributed by atoms with van der Waals surface area (Å²) in [6, 6.07) is 13.6. The smallest absolute Gasteiger partial charge is 0.223 e. The maximum Gasteiger partial charge on any atom is 0.223 e. The van der Waals surface area contributed by atoms with Crippen molar-refractivity contribution >= 4 is 16.9 Å². The molecule has 0 aliphatic rings. The normalized spacial score (nSPS) is 10.7. The molecule has 26 heavy (non-hydrogen) atoms. The molecule has 6 nitrogen and oxygen atoms in total. The number of nitrogens with zero attached hydrogens (tertiary/aromatic N) is 2. The van der Waals surface area contributed by atoms with E-state index in [1.807, 2.05) is 42.5 Å². The molecule has 0 radical (unpaired) electrons. The van der Waals surface area contributed by atoms with E-state index in [9.17, 15) is 4.79 Å². The van der Waals surface area contributed by atoms with Crippen molar-refractivity contribution in [2.24, 2.45) is 0 Å². The van der Waals surface area contributed by atoms with Gasteiger partial charge in [-0.05, 0) is 36.2 Å². The number of H-pyrrole nitrogens is 1. The lowest BCUT2D eigenvalue weighted by atomic mass is 10.1. The molecule has 0 bridgehead atoms. The summed E-state index contributed by atoms with van der Waals surface area (Å²) in [6.07, 6.45) is 1.07. The third kappa shape index (κ3) is 3.96. The Morgan fingerprint density at radius 3 is 2.62 bits per heavy atom. The molecule has 1 aromatic heterocycles. The second kappa shape index (κ2) is 7.91. The molecular formula is C20H23N3O3. The number of hydrogen-bond donors (Lipinski definition) is 1. The minimum absolute atomic E-state index is 0.0697. The highest BCUT2D eigenvalue weighted by Crippen LogP contribution is 2.28. The molecule has 0 fully saturated rings. The molecule has 0 atom stereocenters. The van der Waals surface area contributed by atoms with Gasteiger partial charge < -0.3 is 19.4 Å². The minimum atomic E-state index is 0.0697. The van der Waals surface area contributed by atoms with Crippen LogP contribution < -0.4 is 9.47 Å². The summed E-state index contributed by atoms with van der Waals surface area (Å²) < 4.78 is 10.5. The first-order valence-corrected chi connectivity index (χ1v) is 8.49. The van der Waals surface area contributed by atoms with Gasteiger partial charge in [0.15, 0.2) is 11.5 Å². The third-order valence-electron chi connectivity index (χ3n) is 4.33. The van der Waals surface area contributed by atoms with Crippen LogP contribution in [0.15, 0.2) is 42.5 Å². The van der Waals surface area contributed by atoms with Gasteiger partial charge >= 0.3 is 0 Å². The highest BCUT2D eigenvalue weighted by Gasteiger charge is 2.13. The van der Waals surface area contributed by atoms with Crippen molar-refractivity contribution in [1.29, 1.82) is 0 Å². The Hall–Kier alpha value is -3.02. The van der Waals surface area contributed by atoms with E-state index < -0.39 is 0 Å². The number of methoxy groups -OCH3 is 2. The molecule has 0 aliphatic carbocycles. The van der Waals surface area contributed by atoms with Crippen molar-refractivity contribution in [3.63, 3.8) is 0 Å². The highest BCUT2D eigenvalue weighted by atomic mass is 16.5. The first-order chi connectivity index (χ1) is 12.6. The number of hydrogen-bond acceptors (Lipinski definition) is 4. The molecule has 0 spiro atoms. The van der Waals surface area contributed by atoms with Crippen LogP contribution in [0.2, 0.25) is 0 Å². The molecule has 0 aliphatic heterocycles. The first kappa shape index (κ1) is 17.8. The molecule has 1 amide bonds. The Balaban J connectivity index is 1.59. The summed E-state index contributed by atoms with van der Waals surface area (Å²) in [7, 11) is 5.01. The van der Waals surface area contributed by atoms with Gasteiger partial charge in [0.25, 0.3) is 0 Å². The zero-order chi connectivity index (χ0) is 18.5. The van der Waals surface area contributed by atoms with Crippen LogP contribution in [0.5, 0.6) is 11.5 Å². The Labute approximate surface area is 152 Å². The number of imidazole rings is 1. The number of carbonyl (C=O) groups excluding carboxylic acids is 1. The maximum absolute atomic E-state index is 12.4. The van der Waals surface area contributed by atoms with Gasteiger partial charge in [-0.3, -0.25) is 4.79 Å². The van der Waals surface area contributed by atoms with Crippen LogP contribution >= 0.6 is 0 Å². The van der Waals surface area contributed by atoms with Crippen molar-refractivity contribution < 1.29 is 14.3 Å². The number of fused-ring (bicyclic) bond motifs is 1. The Morgan fingerprint density at radius 2 is 1.88 bits per heavy atom. The van der Waals surface area contributed by atoms with Crippen LogP contribution in [0, 0.1) is 0 Å². The molecule has 0 saturated carbocycles. The highest BCUT2D eigenvalue weighted by molar-refractivity contribution is 5.77. The molecule has 0 saturated heterocycles. The van der Waals surface area contributed by atoms with Crippen molar-refractivity contribution in [3.05, 3.63) is 53.9 Å². The van der Waals surface area contributed by atoms with Gasteiger partial charge in [0.05, 0.1) is 31.8 Å². The lowest BCUT2D eigenvalue weighted by molar-refractivity contribution is -0.130. The Kier molecular flexibility index (Phi) is 5.41. The van der Waals surface area contributed by atoms with Gasteiger partial charge in [-0.2, -0.15) is 0 Å². The average molecular weight is 353 g/mol. The monoisotopic (exact) mass is 353 g/mol. The summed E-state index contributed by atoms with van der Waals surface area (Å²) in [4.78, 5) is 21.9. The quantitative estimate of drug-likeness (QED) is 0.708. The van der Waals surface area contributed by atoms with Crippen LogP contribution in [0.1, 0.15) is 17.8 Å². The van der Waals surface area contributed by atoms with E-state index in [0.717, 1.165) is 22.4 Å². The fraction of sp³-hybridized carbons (Fsp3) is 0.300. The van der Waals surface area contributed by atoms with Crippen molar-refractivity contribution in [3.8, 4) is 11.5 Å². The number of ether oxygens (including phenoxy) is 2. The van der Waals surface area contributed by atoms with Crippen molar-refractivity contribution in [2.75, 3.05) is 21.3 Å². The van der Waals surface area contributed by atoms with Crippen LogP contribution in [-0.4, -0.2) is 42.0 Å². The second-order valence-corrected chi connectivity index (χ2v) is 6.14. The van der Waals surface area contributed by atoms with E-state index >= 15 is 0 Å². The van der Waals surface area contributed by atoms with E-state index in [-0.39, 0.29) is 5.91 Å². The van der Waals surface area contributed by atoms with E-state index in [1.165, 1.54) is 0 Å². The molecule has 136 valence electrons. The van der Waals surface area contributed by atoms with Crippen molar-refractivity contribution in [1.82, 2.24) is 14.9 Å². The van der Waals surface area contributed by atoms with Crippen LogP contribution in [-0.2, 0) is 17.8 Å². The van der Waals surface area contributed by atoms with Gasteiger partial charge in [-0.25, -0.2) is 4.98 Å². The third-order valence-corrected chi connectivity index (χ3v) is 4.33. The van der Waals surface area contributed by atoms with E-state index in [1.54, 1.807) is 26.2 Å². The van der Waals surface area contributed by atoms with E-state index in [0.29, 0.717) is 30.9 Å². The average Bonchev–Trinajstić information content (AvgIpc) is 3.07. The number of para-hydroxylation sites is 2. The SMILES string of the molecule is COc1ccc(CCC(=O)N(C)Cc2nc3ccccc3[nH]2)cc1OC. The largest absolute Gasteiger partial charge is 0.493 e. The molecule has 1 N–H and O–H groups in total. The van der Waals surface area contributed by atoms with Gasteiger partial charge in [-0.15, -0.1) is 0 Å². The van der Waals surface area contributed by atoms with Crippen LogP contribution in [0.25, 0.3) is 11.0 Å². The zero-order valence-corrected chi connectivity index (χ0v) is 15.3. The number of aromatic amines is 1. The fourth-order valence-electron chi connectivity index (χ4n) is 2.87. The number of amides is 1. The summed E-state index contributed by atoms with van der Waals surface area (Å²) in [5, 5.41) is 0. The van der Waals surface area contributed by atoms with Crippen LogP contribution in [0.4, 0.5) is 0 Å². The minimum Gasteiger partial charge on any atom is -0.493 e. The Morgan fingerprint density at radius 1 is 1.12 bits per heavy atom. The molecule has 3 rings (SSSR count). The van der Waals surface area contributed by atoms with Gasteiger partial charge in [0, 0.05) is 13.5 Å². The number of rotatable bonds is 7. The summed E-state index contributed by atoms with van der Waals surface area (Å²) >= 11 is 0. The number of nitrogens with one attached hydrogen (secondary N) is 1. The number of aryl methyl sites for hydroxylation is 1. The molecule has 2 aromatic carbocycles. The molecular weight excluding hydrogens is 330 g/mol. The first-order valence-electron chi connectivity index (χ1n) is 8.49. The molecule has 6 heteroatoms. The predicted octanol–water partition coefficient (Wildman–Crippen LogP) is 3.17. The predicted molar refractivity (Wildman–Crippen MR) is 100 cm³/mol. The molecule has 1 heterocycles. The van der Waals surface area contributed by atoms with E-state index in [4.69, 9.17) is 9.47 Å². The van der Waals surface area contributed by atoms with Crippen LogP contribution in [0.3, 0.4) is 0 Å². The number of benzene rings is 2. The summed E-state index contributed by atoms with van der Waals surface area (Å²) in [6.45, 7) is 0.458. The van der Waals surface area contributed by atoms with Crippen molar-refractivity contribution in [2.45, 2.75) is 19.4 Å². The summed E-state index contributed by atoms with van der Waals surface area (Å²) in [5.41, 5.74) is 2.93. The lowest BCUT2D eigenvalue weighted by Crippen LogP contribution is -2.26. The van der Waals surface area contributed by atoms with Gasteiger partial charge in [-0.1, -0.05) is 18.2 Å². The molecule has 0 unspecified atom stereocenters. The molecule has 3 aromatic rings. The lowest BCUT2D eigenvalue weighted by Gasteiger charge is -2.16. The topological polar surface area (TPSA) is 67.5 Å². The standard InChI is InChI=1S/C20H23N3O3/c1-23(13-19-21-15-6-4-5-7-16(15)22-19)20(24)11-9-14-8-10-17(25-2)18(12-14)26-3/h4-8,10,12H,9,11,13H2,1-3H3,(H,21,22). The number of aromatic nitrogens is 2.